The molecule has 0 unspecified atom stereocenters. The van der Waals surface area contributed by atoms with Crippen LogP contribution in [0.1, 0.15) is 23.2 Å². The molecule has 0 radical (unpaired) electrons. The van der Waals surface area contributed by atoms with Gasteiger partial charge < -0.3 is 9.64 Å². The van der Waals surface area contributed by atoms with E-state index in [-0.39, 0.29) is 17.6 Å². The first-order valence-corrected chi connectivity index (χ1v) is 9.03. The number of hydrogen-bond donors (Lipinski definition) is 1. The minimum absolute atomic E-state index is 0.00571. The first kappa shape index (κ1) is 17.1. The molecular formula is C14H19ClN2O4S. The molecule has 2 N–H and O–H groups in total. The number of primary sulfonamides is 1. The molecule has 0 aromatic heterocycles. The molecular weight excluding hydrogens is 328 g/mol. The number of carbonyl (C=O) groups is 1. The van der Waals surface area contributed by atoms with Crippen LogP contribution in [0.3, 0.4) is 0 Å². The average Bonchev–Trinajstić information content (AvgIpc) is 2.45. The summed E-state index contributed by atoms with van der Waals surface area (Å²) < 4.78 is 27.4. The smallest absolute Gasteiger partial charge is 0.257 e. The third-order valence-corrected chi connectivity index (χ3v) is 4.93. The zero-order valence-corrected chi connectivity index (χ0v) is 13.9. The van der Waals surface area contributed by atoms with Crippen LogP contribution in [0.25, 0.3) is 0 Å². The SMILES string of the molecule is COc1cc(Cl)ccc1C(=O)N1CCC(CS(N)(=O)=O)CC1. The Hall–Kier alpha value is -1.31. The molecule has 0 atom stereocenters. The van der Waals surface area contributed by atoms with Crippen molar-refractivity contribution in [2.24, 2.45) is 11.1 Å². The monoisotopic (exact) mass is 346 g/mol. The summed E-state index contributed by atoms with van der Waals surface area (Å²) in [6.45, 7) is 1.01. The molecule has 1 amide bonds. The molecule has 1 aromatic rings. The van der Waals surface area contributed by atoms with Gasteiger partial charge in [-0.05, 0) is 37.0 Å². The lowest BCUT2D eigenvalue weighted by molar-refractivity contribution is 0.0695. The molecule has 122 valence electrons. The van der Waals surface area contributed by atoms with Crippen molar-refractivity contribution < 1.29 is 17.9 Å². The number of carbonyl (C=O) groups excluding carboxylic acids is 1. The van der Waals surface area contributed by atoms with Gasteiger partial charge in [0.05, 0.1) is 18.4 Å². The Bertz CT molecular complexity index is 655. The van der Waals surface area contributed by atoms with Gasteiger partial charge >= 0.3 is 0 Å². The van der Waals surface area contributed by atoms with Crippen LogP contribution in [0, 0.1) is 5.92 Å². The van der Waals surface area contributed by atoms with Gasteiger partial charge in [0.25, 0.3) is 5.91 Å². The fourth-order valence-corrected chi connectivity index (χ4v) is 3.80. The number of sulfonamides is 1. The van der Waals surface area contributed by atoms with Gasteiger partial charge in [0.15, 0.2) is 0 Å². The first-order chi connectivity index (χ1) is 10.3. The molecule has 1 aliphatic rings. The number of piperidine rings is 1. The second-order valence-corrected chi connectivity index (χ2v) is 7.51. The van der Waals surface area contributed by atoms with Gasteiger partial charge in [0.2, 0.25) is 10.0 Å². The van der Waals surface area contributed by atoms with Crippen molar-refractivity contribution in [1.82, 2.24) is 4.90 Å². The molecule has 0 bridgehead atoms. The van der Waals surface area contributed by atoms with Crippen LogP contribution < -0.4 is 9.88 Å². The van der Waals surface area contributed by atoms with E-state index in [1.54, 1.807) is 23.1 Å². The highest BCUT2D eigenvalue weighted by molar-refractivity contribution is 7.89. The fourth-order valence-electron chi connectivity index (χ4n) is 2.64. The van der Waals surface area contributed by atoms with Gasteiger partial charge in [0, 0.05) is 18.1 Å². The molecule has 0 spiro atoms. The predicted octanol–water partition coefficient (Wildman–Crippen LogP) is 1.49. The van der Waals surface area contributed by atoms with Gasteiger partial charge in [-0.1, -0.05) is 11.6 Å². The van der Waals surface area contributed by atoms with Crippen molar-refractivity contribution in [2.45, 2.75) is 12.8 Å². The molecule has 1 aromatic carbocycles. The molecule has 22 heavy (non-hydrogen) atoms. The standard InChI is InChI=1S/C14H19ClN2O4S/c1-21-13-8-11(15)2-3-12(13)14(18)17-6-4-10(5-7-17)9-22(16,19)20/h2-3,8,10H,4-7,9H2,1H3,(H2,16,19,20). The average molecular weight is 347 g/mol. The topological polar surface area (TPSA) is 89.7 Å². The van der Waals surface area contributed by atoms with Crippen LogP contribution in [0.15, 0.2) is 18.2 Å². The number of rotatable bonds is 4. The highest BCUT2D eigenvalue weighted by Gasteiger charge is 2.27. The second kappa shape index (κ2) is 6.85. The van der Waals surface area contributed by atoms with E-state index in [0.29, 0.717) is 42.3 Å². The molecule has 2 rings (SSSR count). The number of benzene rings is 1. The highest BCUT2D eigenvalue weighted by Crippen LogP contribution is 2.26. The quantitative estimate of drug-likeness (QED) is 0.894. The van der Waals surface area contributed by atoms with Crippen molar-refractivity contribution in [2.75, 3.05) is 26.0 Å². The van der Waals surface area contributed by atoms with Crippen molar-refractivity contribution in [1.29, 1.82) is 0 Å². The Morgan fingerprint density at radius 1 is 1.41 bits per heavy atom. The molecule has 6 nitrogen and oxygen atoms in total. The summed E-state index contributed by atoms with van der Waals surface area (Å²) in [7, 11) is -1.98. The van der Waals surface area contributed by atoms with Crippen molar-refractivity contribution >= 4 is 27.5 Å². The van der Waals surface area contributed by atoms with E-state index in [1.165, 1.54) is 7.11 Å². The lowest BCUT2D eigenvalue weighted by Crippen LogP contribution is -2.40. The lowest BCUT2D eigenvalue weighted by Gasteiger charge is -2.32. The van der Waals surface area contributed by atoms with Gasteiger partial charge in [-0.25, -0.2) is 13.6 Å². The van der Waals surface area contributed by atoms with E-state index in [4.69, 9.17) is 21.5 Å². The number of ether oxygens (including phenoxy) is 1. The third-order valence-electron chi connectivity index (χ3n) is 3.76. The molecule has 0 aliphatic carbocycles. The van der Waals surface area contributed by atoms with Crippen LogP contribution in [0.5, 0.6) is 5.75 Å². The minimum Gasteiger partial charge on any atom is -0.496 e. The van der Waals surface area contributed by atoms with E-state index in [9.17, 15) is 13.2 Å². The van der Waals surface area contributed by atoms with Gasteiger partial charge in [-0.3, -0.25) is 4.79 Å². The van der Waals surface area contributed by atoms with Crippen LogP contribution in [0.4, 0.5) is 0 Å². The summed E-state index contributed by atoms with van der Waals surface area (Å²) in [5.41, 5.74) is 0.455. The summed E-state index contributed by atoms with van der Waals surface area (Å²) in [5, 5.41) is 5.57. The highest BCUT2D eigenvalue weighted by atomic mass is 35.5. The van der Waals surface area contributed by atoms with Crippen LogP contribution in [-0.4, -0.2) is 45.2 Å². The number of likely N-dealkylation sites (tertiary alicyclic amines) is 1. The minimum atomic E-state index is -3.47. The summed E-state index contributed by atoms with van der Waals surface area (Å²) in [5.74, 6) is 0.275. The van der Waals surface area contributed by atoms with Crippen molar-refractivity contribution in [3.05, 3.63) is 28.8 Å². The second-order valence-electron chi connectivity index (χ2n) is 5.41. The van der Waals surface area contributed by atoms with E-state index in [1.807, 2.05) is 0 Å². The molecule has 8 heteroatoms. The lowest BCUT2D eigenvalue weighted by atomic mass is 9.98. The molecule has 1 aliphatic heterocycles. The maximum atomic E-state index is 12.5. The maximum absolute atomic E-state index is 12.5. The zero-order valence-electron chi connectivity index (χ0n) is 12.3. The Kier molecular flexibility index (Phi) is 5.31. The fraction of sp³-hybridized carbons (Fsp3) is 0.500. The number of halogens is 1. The van der Waals surface area contributed by atoms with Crippen molar-refractivity contribution in [3.63, 3.8) is 0 Å². The Morgan fingerprint density at radius 3 is 2.59 bits per heavy atom. The van der Waals surface area contributed by atoms with E-state index in [2.05, 4.69) is 0 Å². The number of amides is 1. The van der Waals surface area contributed by atoms with Crippen LogP contribution in [0.2, 0.25) is 5.02 Å². The van der Waals surface area contributed by atoms with E-state index in [0.717, 1.165) is 0 Å². The summed E-state index contributed by atoms with van der Waals surface area (Å²) in [6.07, 6.45) is 1.25. The van der Waals surface area contributed by atoms with Crippen LogP contribution in [-0.2, 0) is 10.0 Å². The normalized spacial score (nSPS) is 16.6. The predicted molar refractivity (Wildman–Crippen MR) is 84.6 cm³/mol. The van der Waals surface area contributed by atoms with Crippen molar-refractivity contribution in [3.8, 4) is 5.75 Å². The van der Waals surface area contributed by atoms with Gasteiger partial charge in [-0.2, -0.15) is 0 Å². The Morgan fingerprint density at radius 2 is 2.05 bits per heavy atom. The number of nitrogens with zero attached hydrogens (tertiary/aromatic N) is 1. The number of hydrogen-bond acceptors (Lipinski definition) is 4. The molecule has 1 fully saturated rings. The third kappa shape index (κ3) is 4.34. The largest absolute Gasteiger partial charge is 0.496 e. The zero-order chi connectivity index (χ0) is 16.3. The van der Waals surface area contributed by atoms with E-state index < -0.39 is 10.0 Å². The summed E-state index contributed by atoms with van der Waals surface area (Å²) >= 11 is 5.89. The Balaban J connectivity index is 2.04. The molecule has 1 heterocycles. The van der Waals surface area contributed by atoms with Gasteiger partial charge in [-0.15, -0.1) is 0 Å². The molecule has 0 saturated carbocycles. The number of methoxy groups -OCH3 is 1. The van der Waals surface area contributed by atoms with Crippen LogP contribution >= 0.6 is 11.6 Å². The van der Waals surface area contributed by atoms with E-state index >= 15 is 0 Å². The number of nitrogens with two attached hydrogens (primary N) is 1. The maximum Gasteiger partial charge on any atom is 0.257 e. The Labute approximate surface area is 135 Å². The van der Waals surface area contributed by atoms with Gasteiger partial charge in [0.1, 0.15) is 5.75 Å². The summed E-state index contributed by atoms with van der Waals surface area (Å²) in [6, 6.07) is 4.88. The summed E-state index contributed by atoms with van der Waals surface area (Å²) in [4.78, 5) is 14.2. The first-order valence-electron chi connectivity index (χ1n) is 6.93. The molecule has 1 saturated heterocycles.